The molecule has 0 saturated carbocycles. The van der Waals surface area contributed by atoms with Crippen LogP contribution in [0.15, 0.2) is 66.7 Å². The number of benzene rings is 3. The Morgan fingerprint density at radius 3 is 2.12 bits per heavy atom. The molecule has 0 aliphatic carbocycles. The van der Waals surface area contributed by atoms with Crippen LogP contribution in [-0.2, 0) is 0 Å². The molecule has 1 fully saturated rings. The molecule has 3 aromatic carbocycles. The Balaban J connectivity index is 1.49. The van der Waals surface area contributed by atoms with Crippen molar-refractivity contribution >= 4 is 34.7 Å². The Kier molecular flexibility index (Phi) is 9.72. The number of carbonyl (C=O) groups is 2. The summed E-state index contributed by atoms with van der Waals surface area (Å²) in [6.45, 7) is 9.58. The lowest BCUT2D eigenvalue weighted by Gasteiger charge is -2.38. The monoisotopic (exact) mass is 545 g/mol. The first-order valence-electron chi connectivity index (χ1n) is 13.8. The topological polar surface area (TPSA) is 95.2 Å². The number of amides is 3. The van der Waals surface area contributed by atoms with Crippen molar-refractivity contribution < 1.29 is 19.1 Å². The molecule has 0 bridgehead atoms. The first-order chi connectivity index (χ1) is 19.4. The fourth-order valence-electron chi connectivity index (χ4n) is 4.65. The Morgan fingerprint density at radius 2 is 1.48 bits per heavy atom. The van der Waals surface area contributed by atoms with Crippen LogP contribution in [-0.4, -0.2) is 57.9 Å². The molecule has 1 heterocycles. The van der Waals surface area contributed by atoms with Crippen molar-refractivity contribution in [1.82, 2.24) is 5.32 Å². The highest BCUT2D eigenvalue weighted by molar-refractivity contribution is 6.04. The van der Waals surface area contributed by atoms with E-state index in [1.165, 1.54) is 0 Å². The lowest BCUT2D eigenvalue weighted by Crippen LogP contribution is -2.47. The second kappa shape index (κ2) is 13.6. The number of hydrogen-bond donors (Lipinski definition) is 3. The molecule has 0 spiro atoms. The van der Waals surface area contributed by atoms with Gasteiger partial charge in [-0.1, -0.05) is 19.1 Å². The second-order valence-corrected chi connectivity index (χ2v) is 9.70. The molecule has 40 heavy (non-hydrogen) atoms. The maximum atomic E-state index is 13.4. The number of ether oxygens (including phenoxy) is 2. The van der Waals surface area contributed by atoms with Gasteiger partial charge in [-0.15, -0.1) is 0 Å². The Hall–Kier alpha value is -4.40. The van der Waals surface area contributed by atoms with Crippen LogP contribution in [0.5, 0.6) is 11.5 Å². The zero-order valence-electron chi connectivity index (χ0n) is 23.7. The highest BCUT2D eigenvalue weighted by Gasteiger charge is 2.24. The summed E-state index contributed by atoms with van der Waals surface area (Å²) in [7, 11) is 1.69. The highest BCUT2D eigenvalue weighted by Crippen LogP contribution is 2.31. The molecule has 1 saturated heterocycles. The summed E-state index contributed by atoms with van der Waals surface area (Å²) in [5, 5.41) is 8.77. The van der Waals surface area contributed by atoms with E-state index in [0.29, 0.717) is 23.5 Å². The average Bonchev–Trinajstić information content (AvgIpc) is 2.98. The first kappa shape index (κ1) is 28.6. The number of piperazine rings is 1. The molecule has 9 nitrogen and oxygen atoms in total. The van der Waals surface area contributed by atoms with Gasteiger partial charge in [-0.25, -0.2) is 4.79 Å². The van der Waals surface area contributed by atoms with Crippen LogP contribution in [0, 0.1) is 0 Å². The molecule has 212 valence electrons. The van der Waals surface area contributed by atoms with E-state index in [1.54, 1.807) is 37.4 Å². The standard InChI is InChI=1S/C31H39N5O4/c1-5-22(3)32-30(37)26-21-24(34-31(38)33-23-11-14-25(15-12-23)40-6-2)13-16-27(26)35-17-19-36(20-18-35)28-9-7-8-10-29(28)39-4/h7-16,21-22H,5-6,17-20H2,1-4H3,(H,32,37)(H2,33,34,38). The Labute approximate surface area is 236 Å². The fraction of sp³-hybridized carbons (Fsp3) is 0.355. The quantitative estimate of drug-likeness (QED) is 0.307. The third kappa shape index (κ3) is 7.16. The summed E-state index contributed by atoms with van der Waals surface area (Å²) in [6, 6.07) is 20.3. The average molecular weight is 546 g/mol. The molecular formula is C31H39N5O4. The van der Waals surface area contributed by atoms with Gasteiger partial charge in [0.15, 0.2) is 0 Å². The van der Waals surface area contributed by atoms with Gasteiger partial charge in [0.25, 0.3) is 5.91 Å². The van der Waals surface area contributed by atoms with Crippen LogP contribution >= 0.6 is 0 Å². The second-order valence-electron chi connectivity index (χ2n) is 9.70. The predicted octanol–water partition coefficient (Wildman–Crippen LogP) is 5.59. The molecule has 3 amide bonds. The molecule has 0 aromatic heterocycles. The van der Waals surface area contributed by atoms with E-state index < -0.39 is 6.03 Å². The van der Waals surface area contributed by atoms with Crippen molar-refractivity contribution in [2.45, 2.75) is 33.2 Å². The fourth-order valence-corrected chi connectivity index (χ4v) is 4.65. The highest BCUT2D eigenvalue weighted by atomic mass is 16.5. The van der Waals surface area contributed by atoms with E-state index in [9.17, 15) is 9.59 Å². The van der Waals surface area contributed by atoms with E-state index in [4.69, 9.17) is 9.47 Å². The van der Waals surface area contributed by atoms with Crippen molar-refractivity contribution in [3.8, 4) is 11.5 Å². The van der Waals surface area contributed by atoms with Gasteiger partial charge in [-0.05, 0) is 74.9 Å². The smallest absolute Gasteiger partial charge is 0.323 e. The lowest BCUT2D eigenvalue weighted by molar-refractivity contribution is 0.0939. The number of nitrogens with one attached hydrogen (secondary N) is 3. The summed E-state index contributed by atoms with van der Waals surface area (Å²) in [5.74, 6) is 1.43. The molecule has 1 atom stereocenters. The number of carbonyl (C=O) groups excluding carboxylic acids is 2. The zero-order chi connectivity index (χ0) is 28.5. The number of para-hydroxylation sites is 2. The largest absolute Gasteiger partial charge is 0.495 e. The van der Waals surface area contributed by atoms with Gasteiger partial charge < -0.3 is 35.2 Å². The van der Waals surface area contributed by atoms with Gasteiger partial charge in [0, 0.05) is 49.3 Å². The third-order valence-corrected chi connectivity index (χ3v) is 6.96. The van der Waals surface area contributed by atoms with Crippen LogP contribution in [0.3, 0.4) is 0 Å². The Bertz CT molecular complexity index is 1290. The maximum absolute atomic E-state index is 13.4. The van der Waals surface area contributed by atoms with Crippen molar-refractivity contribution in [2.24, 2.45) is 0 Å². The molecule has 3 aromatic rings. The minimum atomic E-state index is -0.393. The molecule has 4 rings (SSSR count). The number of hydrogen-bond acceptors (Lipinski definition) is 6. The van der Waals surface area contributed by atoms with E-state index in [2.05, 4.69) is 31.8 Å². The number of nitrogens with zero attached hydrogens (tertiary/aromatic N) is 2. The maximum Gasteiger partial charge on any atom is 0.323 e. The van der Waals surface area contributed by atoms with Gasteiger partial charge in [0.1, 0.15) is 11.5 Å². The van der Waals surface area contributed by atoms with Crippen LogP contribution in [0.4, 0.5) is 27.5 Å². The van der Waals surface area contributed by atoms with Gasteiger partial charge in [0.05, 0.1) is 25.0 Å². The van der Waals surface area contributed by atoms with Gasteiger partial charge in [-0.3, -0.25) is 4.79 Å². The summed E-state index contributed by atoms with van der Waals surface area (Å²) in [6.07, 6.45) is 0.821. The van der Waals surface area contributed by atoms with Crippen LogP contribution in [0.2, 0.25) is 0 Å². The SMILES string of the molecule is CCOc1ccc(NC(=O)Nc2ccc(N3CCN(c4ccccc4OC)CC3)c(C(=O)NC(C)CC)c2)cc1. The molecule has 1 aliphatic rings. The van der Waals surface area contributed by atoms with Crippen molar-refractivity contribution in [1.29, 1.82) is 0 Å². The van der Waals surface area contributed by atoms with E-state index in [0.717, 1.165) is 55.5 Å². The summed E-state index contributed by atoms with van der Waals surface area (Å²) >= 11 is 0. The van der Waals surface area contributed by atoms with Gasteiger partial charge in [-0.2, -0.15) is 0 Å². The third-order valence-electron chi connectivity index (χ3n) is 6.96. The summed E-state index contributed by atoms with van der Waals surface area (Å²) in [4.78, 5) is 30.6. The van der Waals surface area contributed by atoms with E-state index in [1.807, 2.05) is 51.1 Å². The molecule has 9 heteroatoms. The van der Waals surface area contributed by atoms with Crippen LogP contribution < -0.4 is 35.2 Å². The molecule has 3 N–H and O–H groups in total. The van der Waals surface area contributed by atoms with Gasteiger partial charge in [0.2, 0.25) is 0 Å². The first-order valence-corrected chi connectivity index (χ1v) is 13.8. The van der Waals surface area contributed by atoms with Crippen molar-refractivity contribution in [3.05, 3.63) is 72.3 Å². The van der Waals surface area contributed by atoms with Gasteiger partial charge >= 0.3 is 6.03 Å². The predicted molar refractivity (Wildman–Crippen MR) is 161 cm³/mol. The number of urea groups is 1. The van der Waals surface area contributed by atoms with Crippen molar-refractivity contribution in [3.63, 3.8) is 0 Å². The lowest BCUT2D eigenvalue weighted by atomic mass is 10.1. The number of rotatable bonds is 10. The molecule has 0 radical (unpaired) electrons. The van der Waals surface area contributed by atoms with E-state index in [-0.39, 0.29) is 11.9 Å². The van der Waals surface area contributed by atoms with E-state index >= 15 is 0 Å². The van der Waals surface area contributed by atoms with Crippen LogP contribution in [0.25, 0.3) is 0 Å². The number of anilines is 4. The zero-order valence-corrected chi connectivity index (χ0v) is 23.7. The minimum absolute atomic E-state index is 0.0299. The molecule has 1 unspecified atom stereocenters. The normalized spacial score (nSPS) is 13.8. The molecular weight excluding hydrogens is 506 g/mol. The molecule has 1 aliphatic heterocycles. The summed E-state index contributed by atoms with van der Waals surface area (Å²) in [5.41, 5.74) is 3.62. The summed E-state index contributed by atoms with van der Waals surface area (Å²) < 4.78 is 11.0. The Morgan fingerprint density at radius 1 is 0.850 bits per heavy atom. The van der Waals surface area contributed by atoms with Crippen LogP contribution in [0.1, 0.15) is 37.6 Å². The van der Waals surface area contributed by atoms with Crippen molar-refractivity contribution in [2.75, 3.05) is 60.3 Å². The number of methoxy groups -OCH3 is 1. The minimum Gasteiger partial charge on any atom is -0.495 e.